The van der Waals surface area contributed by atoms with Gasteiger partial charge in [-0.1, -0.05) is 12.0 Å². The fraction of sp³-hybridized carbons (Fsp3) is 0.154. The molecule has 2 heterocycles. The molecule has 0 atom stereocenters. The third-order valence-electron chi connectivity index (χ3n) is 2.41. The molecule has 19 heavy (non-hydrogen) atoms. The predicted molar refractivity (Wildman–Crippen MR) is 76.6 cm³/mol. The van der Waals surface area contributed by atoms with Crippen LogP contribution in [0.25, 0.3) is 0 Å². The molecule has 0 aliphatic carbocycles. The number of rotatable bonds is 4. The molecule has 2 aromatic rings. The molecule has 0 aromatic carbocycles. The Balaban J connectivity index is 2.16. The maximum atomic E-state index is 11.9. The molecule has 0 unspecified atom stereocenters. The molecule has 0 bridgehead atoms. The van der Waals surface area contributed by atoms with Crippen LogP contribution in [0.5, 0.6) is 0 Å². The highest BCUT2D eigenvalue weighted by molar-refractivity contribution is 9.10. The molecule has 96 valence electrons. The third kappa shape index (κ3) is 3.20. The predicted octanol–water partition coefficient (Wildman–Crippen LogP) is 1.65. The Morgan fingerprint density at radius 1 is 1.47 bits per heavy atom. The van der Waals surface area contributed by atoms with Crippen molar-refractivity contribution in [1.82, 2.24) is 14.8 Å². The quantitative estimate of drug-likeness (QED) is 0.871. The minimum atomic E-state index is -0.260. The Morgan fingerprint density at radius 2 is 2.32 bits per heavy atom. The number of halogens is 1. The highest BCUT2D eigenvalue weighted by Crippen LogP contribution is 2.16. The van der Waals surface area contributed by atoms with Crippen LogP contribution in [0.15, 0.2) is 39.9 Å². The average Bonchev–Trinajstić information content (AvgIpc) is 2.44. The van der Waals surface area contributed by atoms with Crippen molar-refractivity contribution in [3.8, 4) is 12.3 Å². The SMILES string of the molecule is C#CCn1ncc(NCc2ccccn2)c(Br)c1=O. The van der Waals surface area contributed by atoms with Crippen molar-refractivity contribution in [2.75, 3.05) is 5.32 Å². The summed E-state index contributed by atoms with van der Waals surface area (Å²) in [6.07, 6.45) is 8.44. The Bertz CT molecular complexity index is 661. The second-order valence-corrected chi connectivity index (χ2v) is 4.51. The summed E-state index contributed by atoms with van der Waals surface area (Å²) in [6.45, 7) is 0.664. The van der Waals surface area contributed by atoms with Gasteiger partial charge in [0, 0.05) is 6.20 Å². The summed E-state index contributed by atoms with van der Waals surface area (Å²) >= 11 is 3.25. The van der Waals surface area contributed by atoms with Crippen LogP contribution in [0.3, 0.4) is 0 Å². The van der Waals surface area contributed by atoms with Gasteiger partial charge in [-0.25, -0.2) is 4.68 Å². The topological polar surface area (TPSA) is 59.8 Å². The summed E-state index contributed by atoms with van der Waals surface area (Å²) in [5.41, 5.74) is 1.23. The molecule has 0 amide bonds. The van der Waals surface area contributed by atoms with E-state index in [1.165, 1.54) is 4.68 Å². The first-order valence-corrected chi connectivity index (χ1v) is 6.34. The van der Waals surface area contributed by atoms with Crippen molar-refractivity contribution in [1.29, 1.82) is 0 Å². The highest BCUT2D eigenvalue weighted by Gasteiger charge is 2.07. The lowest BCUT2D eigenvalue weighted by Crippen LogP contribution is -2.24. The van der Waals surface area contributed by atoms with E-state index >= 15 is 0 Å². The van der Waals surface area contributed by atoms with Crippen molar-refractivity contribution in [3.63, 3.8) is 0 Å². The molecule has 0 fully saturated rings. The zero-order valence-electron chi connectivity index (χ0n) is 10.0. The van der Waals surface area contributed by atoms with E-state index in [2.05, 4.69) is 37.2 Å². The molecule has 1 N–H and O–H groups in total. The minimum Gasteiger partial charge on any atom is -0.377 e. The van der Waals surface area contributed by atoms with Crippen LogP contribution in [0.2, 0.25) is 0 Å². The number of anilines is 1. The minimum absolute atomic E-state index is 0.151. The summed E-state index contributed by atoms with van der Waals surface area (Å²) in [5, 5.41) is 7.09. The van der Waals surface area contributed by atoms with Gasteiger partial charge >= 0.3 is 0 Å². The first-order valence-electron chi connectivity index (χ1n) is 5.55. The summed E-state index contributed by atoms with van der Waals surface area (Å²) in [7, 11) is 0. The number of terminal acetylenes is 1. The van der Waals surface area contributed by atoms with Crippen LogP contribution >= 0.6 is 15.9 Å². The fourth-order valence-corrected chi connectivity index (χ4v) is 1.92. The fourth-order valence-electron chi connectivity index (χ4n) is 1.48. The number of aromatic nitrogens is 3. The van der Waals surface area contributed by atoms with Gasteiger partial charge in [-0.15, -0.1) is 6.42 Å². The number of nitrogens with one attached hydrogen (secondary N) is 1. The third-order valence-corrected chi connectivity index (χ3v) is 3.18. The van der Waals surface area contributed by atoms with E-state index in [9.17, 15) is 4.79 Å². The van der Waals surface area contributed by atoms with Crippen molar-refractivity contribution in [2.45, 2.75) is 13.1 Å². The largest absolute Gasteiger partial charge is 0.377 e. The van der Waals surface area contributed by atoms with E-state index in [0.717, 1.165) is 5.69 Å². The molecule has 0 aliphatic heterocycles. The maximum Gasteiger partial charge on any atom is 0.284 e. The van der Waals surface area contributed by atoms with Crippen LogP contribution in [0, 0.1) is 12.3 Å². The molecule has 2 rings (SSSR count). The van der Waals surface area contributed by atoms with Crippen LogP contribution < -0.4 is 10.9 Å². The number of hydrogen-bond donors (Lipinski definition) is 1. The Kier molecular flexibility index (Phi) is 4.31. The van der Waals surface area contributed by atoms with Gasteiger partial charge in [-0.05, 0) is 28.1 Å². The number of pyridine rings is 1. The summed E-state index contributed by atoms with van der Waals surface area (Å²) < 4.78 is 1.63. The van der Waals surface area contributed by atoms with E-state index in [-0.39, 0.29) is 12.1 Å². The maximum absolute atomic E-state index is 11.9. The second kappa shape index (κ2) is 6.16. The first-order chi connectivity index (χ1) is 9.22. The Morgan fingerprint density at radius 3 is 3.00 bits per heavy atom. The standard InChI is InChI=1S/C13H11BrN4O/c1-2-7-18-13(19)12(14)11(9-17-18)16-8-10-5-3-4-6-15-10/h1,3-6,9,16H,7-8H2. The highest BCUT2D eigenvalue weighted by atomic mass is 79.9. The monoisotopic (exact) mass is 318 g/mol. The van der Waals surface area contributed by atoms with E-state index in [0.29, 0.717) is 16.7 Å². The van der Waals surface area contributed by atoms with Gasteiger partial charge in [-0.2, -0.15) is 5.10 Å². The molecular weight excluding hydrogens is 308 g/mol. The lowest BCUT2D eigenvalue weighted by molar-refractivity contribution is 0.659. The van der Waals surface area contributed by atoms with E-state index in [1.807, 2.05) is 18.2 Å². The van der Waals surface area contributed by atoms with Gasteiger partial charge in [0.1, 0.15) is 11.0 Å². The second-order valence-electron chi connectivity index (χ2n) is 3.71. The van der Waals surface area contributed by atoms with Crippen LogP contribution in [-0.4, -0.2) is 14.8 Å². The van der Waals surface area contributed by atoms with E-state index in [4.69, 9.17) is 6.42 Å². The Labute approximate surface area is 118 Å². The van der Waals surface area contributed by atoms with Crippen molar-refractivity contribution in [3.05, 3.63) is 51.1 Å². The molecule has 5 nitrogen and oxygen atoms in total. The van der Waals surface area contributed by atoms with Crippen LogP contribution in [-0.2, 0) is 13.1 Å². The summed E-state index contributed by atoms with van der Waals surface area (Å²) in [5.74, 6) is 2.38. The number of hydrogen-bond acceptors (Lipinski definition) is 4. The molecule has 0 saturated heterocycles. The molecule has 6 heteroatoms. The summed E-state index contributed by atoms with van der Waals surface area (Å²) in [4.78, 5) is 16.1. The first kappa shape index (κ1) is 13.3. The number of nitrogens with zero attached hydrogens (tertiary/aromatic N) is 3. The summed E-state index contributed by atoms with van der Waals surface area (Å²) in [6, 6.07) is 5.65. The lowest BCUT2D eigenvalue weighted by atomic mass is 10.3. The van der Waals surface area contributed by atoms with Gasteiger partial charge in [0.15, 0.2) is 0 Å². The van der Waals surface area contributed by atoms with Gasteiger partial charge in [-0.3, -0.25) is 9.78 Å². The molecule has 0 saturated carbocycles. The van der Waals surface area contributed by atoms with Gasteiger partial charge < -0.3 is 5.32 Å². The molecule has 0 aliphatic rings. The van der Waals surface area contributed by atoms with E-state index in [1.54, 1.807) is 12.4 Å². The lowest BCUT2D eigenvalue weighted by Gasteiger charge is -2.08. The van der Waals surface area contributed by atoms with Crippen molar-refractivity contribution >= 4 is 21.6 Å². The zero-order valence-corrected chi connectivity index (χ0v) is 11.6. The van der Waals surface area contributed by atoms with Crippen LogP contribution in [0.4, 0.5) is 5.69 Å². The molecule has 2 aromatic heterocycles. The average molecular weight is 319 g/mol. The zero-order chi connectivity index (χ0) is 13.7. The van der Waals surface area contributed by atoms with Crippen molar-refractivity contribution in [2.24, 2.45) is 0 Å². The molecular formula is C13H11BrN4O. The molecule has 0 radical (unpaired) electrons. The van der Waals surface area contributed by atoms with E-state index < -0.39 is 0 Å². The normalized spacial score (nSPS) is 9.89. The van der Waals surface area contributed by atoms with Crippen molar-refractivity contribution < 1.29 is 0 Å². The van der Waals surface area contributed by atoms with Gasteiger partial charge in [0.05, 0.1) is 24.1 Å². The van der Waals surface area contributed by atoms with Gasteiger partial charge in [0.25, 0.3) is 5.56 Å². The molecule has 0 spiro atoms. The smallest absolute Gasteiger partial charge is 0.284 e. The van der Waals surface area contributed by atoms with Gasteiger partial charge in [0.2, 0.25) is 0 Å². The Hall–Kier alpha value is -2.13. The van der Waals surface area contributed by atoms with Crippen LogP contribution in [0.1, 0.15) is 5.69 Å².